The molecule has 2 rings (SSSR count). The molecule has 1 aromatic carbocycles. The second-order valence-electron chi connectivity index (χ2n) is 5.45. The van der Waals surface area contributed by atoms with Crippen LogP contribution in [0.15, 0.2) is 18.2 Å². The number of ether oxygens (including phenoxy) is 1. The summed E-state index contributed by atoms with van der Waals surface area (Å²) in [4.78, 5) is 14.5. The van der Waals surface area contributed by atoms with E-state index in [-0.39, 0.29) is 5.91 Å². The molecular weight excluding hydrogens is 252 g/mol. The lowest BCUT2D eigenvalue weighted by Crippen LogP contribution is -2.38. The molecule has 110 valence electrons. The van der Waals surface area contributed by atoms with Crippen LogP contribution in [0, 0.1) is 5.92 Å². The first-order chi connectivity index (χ1) is 9.67. The fourth-order valence-corrected chi connectivity index (χ4v) is 2.95. The Bertz CT molecular complexity index is 466. The van der Waals surface area contributed by atoms with Crippen LogP contribution in [0.25, 0.3) is 0 Å². The molecule has 1 heterocycles. The Labute approximate surface area is 120 Å². The molecular formula is C16H24N2O2. The van der Waals surface area contributed by atoms with Crippen LogP contribution in [0.4, 0.5) is 5.69 Å². The molecule has 0 bridgehead atoms. The first kappa shape index (κ1) is 14.7. The maximum atomic E-state index is 12.6. The van der Waals surface area contributed by atoms with Crippen LogP contribution in [0.3, 0.4) is 0 Å². The quantitative estimate of drug-likeness (QED) is 0.860. The molecule has 4 heteroatoms. The van der Waals surface area contributed by atoms with Crippen LogP contribution in [0.5, 0.6) is 5.75 Å². The van der Waals surface area contributed by atoms with Gasteiger partial charge in [0.25, 0.3) is 5.91 Å². The normalized spacial score (nSPS) is 16.2. The minimum absolute atomic E-state index is 0.0316. The van der Waals surface area contributed by atoms with Crippen molar-refractivity contribution in [2.24, 2.45) is 5.92 Å². The predicted octanol–water partition coefficient (Wildman–Crippen LogP) is 2.93. The number of methoxy groups -OCH3 is 1. The van der Waals surface area contributed by atoms with Crippen molar-refractivity contribution in [1.82, 2.24) is 4.90 Å². The zero-order valence-corrected chi connectivity index (χ0v) is 12.4. The van der Waals surface area contributed by atoms with Gasteiger partial charge in [0.1, 0.15) is 0 Å². The number of rotatable bonds is 4. The van der Waals surface area contributed by atoms with Crippen molar-refractivity contribution in [1.29, 1.82) is 0 Å². The molecule has 1 aliphatic rings. The van der Waals surface area contributed by atoms with Gasteiger partial charge in [0.15, 0.2) is 5.75 Å². The van der Waals surface area contributed by atoms with Crippen LogP contribution >= 0.6 is 0 Å². The number of amides is 1. The minimum Gasteiger partial charge on any atom is -0.494 e. The first-order valence-electron chi connectivity index (χ1n) is 7.39. The molecule has 0 aliphatic carbocycles. The Morgan fingerprint density at radius 1 is 1.40 bits per heavy atom. The molecule has 1 amide bonds. The predicted molar refractivity (Wildman–Crippen MR) is 80.9 cm³/mol. The molecule has 1 saturated heterocycles. The molecule has 1 fully saturated rings. The van der Waals surface area contributed by atoms with E-state index in [9.17, 15) is 4.79 Å². The van der Waals surface area contributed by atoms with E-state index in [2.05, 4.69) is 6.92 Å². The van der Waals surface area contributed by atoms with E-state index in [1.807, 2.05) is 4.90 Å². The van der Waals surface area contributed by atoms with E-state index in [0.717, 1.165) is 31.8 Å². The number of likely N-dealkylation sites (tertiary alicyclic amines) is 1. The summed E-state index contributed by atoms with van der Waals surface area (Å²) in [5, 5.41) is 0. The van der Waals surface area contributed by atoms with E-state index in [0.29, 0.717) is 17.0 Å². The third kappa shape index (κ3) is 3.06. The Morgan fingerprint density at radius 3 is 2.70 bits per heavy atom. The van der Waals surface area contributed by atoms with Crippen molar-refractivity contribution in [3.8, 4) is 5.75 Å². The minimum atomic E-state index is 0.0316. The molecule has 2 N–H and O–H groups in total. The number of nitrogens with zero attached hydrogens (tertiary/aromatic N) is 1. The van der Waals surface area contributed by atoms with Crippen LogP contribution in [-0.2, 0) is 0 Å². The molecule has 4 nitrogen and oxygen atoms in total. The smallest absolute Gasteiger partial charge is 0.257 e. The van der Waals surface area contributed by atoms with Gasteiger partial charge in [-0.2, -0.15) is 0 Å². The molecule has 0 aromatic heterocycles. The number of carbonyl (C=O) groups is 1. The molecule has 0 saturated carbocycles. The van der Waals surface area contributed by atoms with Gasteiger partial charge in [-0.05, 0) is 30.9 Å². The van der Waals surface area contributed by atoms with E-state index < -0.39 is 0 Å². The number of nitrogens with two attached hydrogens (primary N) is 1. The maximum absolute atomic E-state index is 12.6. The van der Waals surface area contributed by atoms with E-state index in [1.54, 1.807) is 25.3 Å². The zero-order chi connectivity index (χ0) is 14.5. The highest BCUT2D eigenvalue weighted by Gasteiger charge is 2.25. The van der Waals surface area contributed by atoms with E-state index >= 15 is 0 Å². The fraction of sp³-hybridized carbons (Fsp3) is 0.562. The number of nitrogen functional groups attached to an aromatic ring is 1. The average Bonchev–Trinajstić information content (AvgIpc) is 2.47. The summed E-state index contributed by atoms with van der Waals surface area (Å²) in [7, 11) is 1.55. The largest absolute Gasteiger partial charge is 0.494 e. The second-order valence-corrected chi connectivity index (χ2v) is 5.45. The molecule has 20 heavy (non-hydrogen) atoms. The molecule has 0 atom stereocenters. The highest BCUT2D eigenvalue weighted by atomic mass is 16.5. The molecule has 0 spiro atoms. The van der Waals surface area contributed by atoms with Gasteiger partial charge in [0.2, 0.25) is 0 Å². The van der Waals surface area contributed by atoms with Gasteiger partial charge in [-0.3, -0.25) is 4.79 Å². The Kier molecular flexibility index (Phi) is 4.88. The lowest BCUT2D eigenvalue weighted by molar-refractivity contribution is 0.0683. The van der Waals surface area contributed by atoms with Crippen LogP contribution in [0.1, 0.15) is 43.0 Å². The van der Waals surface area contributed by atoms with Gasteiger partial charge in [0, 0.05) is 13.1 Å². The van der Waals surface area contributed by atoms with Crippen molar-refractivity contribution in [2.45, 2.75) is 32.6 Å². The SMILES string of the molecule is CCCC1CCN(C(=O)c2cccc(N)c2OC)CC1. The Balaban J connectivity index is 2.08. The summed E-state index contributed by atoms with van der Waals surface area (Å²) < 4.78 is 5.28. The lowest BCUT2D eigenvalue weighted by atomic mass is 9.92. The molecule has 0 unspecified atom stereocenters. The third-order valence-corrected chi connectivity index (χ3v) is 4.08. The summed E-state index contributed by atoms with van der Waals surface area (Å²) in [5.74, 6) is 1.30. The third-order valence-electron chi connectivity index (χ3n) is 4.08. The number of para-hydroxylation sites is 1. The topological polar surface area (TPSA) is 55.6 Å². The zero-order valence-electron chi connectivity index (χ0n) is 12.4. The summed E-state index contributed by atoms with van der Waals surface area (Å²) in [6, 6.07) is 5.34. The van der Waals surface area contributed by atoms with Crippen molar-refractivity contribution in [3.05, 3.63) is 23.8 Å². The summed E-state index contributed by atoms with van der Waals surface area (Å²) in [5.41, 5.74) is 6.95. The maximum Gasteiger partial charge on any atom is 0.257 e. The number of carbonyl (C=O) groups excluding carboxylic acids is 1. The number of piperidine rings is 1. The van der Waals surface area contributed by atoms with E-state index in [1.165, 1.54) is 12.8 Å². The van der Waals surface area contributed by atoms with Crippen molar-refractivity contribution >= 4 is 11.6 Å². The number of hydrogen-bond donors (Lipinski definition) is 1. The van der Waals surface area contributed by atoms with Crippen LogP contribution < -0.4 is 10.5 Å². The van der Waals surface area contributed by atoms with Crippen molar-refractivity contribution in [3.63, 3.8) is 0 Å². The number of hydrogen-bond acceptors (Lipinski definition) is 3. The molecule has 0 radical (unpaired) electrons. The molecule has 1 aliphatic heterocycles. The summed E-state index contributed by atoms with van der Waals surface area (Å²) in [6.45, 7) is 3.89. The number of anilines is 1. The van der Waals surface area contributed by atoms with Gasteiger partial charge >= 0.3 is 0 Å². The lowest BCUT2D eigenvalue weighted by Gasteiger charge is -2.32. The Hall–Kier alpha value is -1.71. The standard InChI is InChI=1S/C16H24N2O2/c1-3-5-12-8-10-18(11-9-12)16(19)13-6-4-7-14(17)15(13)20-2/h4,6-7,12H,3,5,8-11,17H2,1-2H3. The average molecular weight is 276 g/mol. The van der Waals surface area contributed by atoms with Crippen molar-refractivity contribution in [2.75, 3.05) is 25.9 Å². The second kappa shape index (κ2) is 6.64. The Morgan fingerprint density at radius 2 is 2.10 bits per heavy atom. The van der Waals surface area contributed by atoms with Gasteiger partial charge in [0.05, 0.1) is 18.4 Å². The van der Waals surface area contributed by atoms with Gasteiger partial charge in [-0.15, -0.1) is 0 Å². The summed E-state index contributed by atoms with van der Waals surface area (Å²) in [6.07, 6.45) is 4.69. The highest BCUT2D eigenvalue weighted by Crippen LogP contribution is 2.29. The number of benzene rings is 1. The fourth-order valence-electron chi connectivity index (χ4n) is 2.95. The first-order valence-corrected chi connectivity index (χ1v) is 7.39. The van der Waals surface area contributed by atoms with Gasteiger partial charge < -0.3 is 15.4 Å². The van der Waals surface area contributed by atoms with Crippen LogP contribution in [-0.4, -0.2) is 31.0 Å². The van der Waals surface area contributed by atoms with E-state index in [4.69, 9.17) is 10.5 Å². The monoisotopic (exact) mass is 276 g/mol. The van der Waals surface area contributed by atoms with Crippen LogP contribution in [0.2, 0.25) is 0 Å². The highest BCUT2D eigenvalue weighted by molar-refractivity contribution is 5.98. The van der Waals surface area contributed by atoms with Crippen molar-refractivity contribution < 1.29 is 9.53 Å². The molecule has 1 aromatic rings. The van der Waals surface area contributed by atoms with Gasteiger partial charge in [-0.25, -0.2) is 0 Å². The van der Waals surface area contributed by atoms with Gasteiger partial charge in [-0.1, -0.05) is 25.8 Å². The summed E-state index contributed by atoms with van der Waals surface area (Å²) >= 11 is 0.